The van der Waals surface area contributed by atoms with Gasteiger partial charge in [0.15, 0.2) is 23.1 Å². The smallest absolute Gasteiger partial charge is 0.194 e. The van der Waals surface area contributed by atoms with Gasteiger partial charge in [0, 0.05) is 18.9 Å². The van der Waals surface area contributed by atoms with Crippen LogP contribution in [0.1, 0.15) is 24.0 Å². The summed E-state index contributed by atoms with van der Waals surface area (Å²) in [4.78, 5) is 18.3. The number of fused-ring (bicyclic) bond motifs is 1. The van der Waals surface area contributed by atoms with Gasteiger partial charge in [-0.3, -0.25) is 4.79 Å². The van der Waals surface area contributed by atoms with Crippen LogP contribution in [0, 0.1) is 0 Å². The molecule has 1 aromatic carbocycles. The van der Waals surface area contributed by atoms with Crippen LogP contribution in [0.3, 0.4) is 0 Å². The summed E-state index contributed by atoms with van der Waals surface area (Å²) in [5.41, 5.74) is 1.71. The van der Waals surface area contributed by atoms with Crippen molar-refractivity contribution in [3.05, 3.63) is 30.2 Å². The normalized spacial score (nSPS) is 13.9. The minimum absolute atomic E-state index is 0.0828. The van der Waals surface area contributed by atoms with Gasteiger partial charge >= 0.3 is 0 Å². The molecule has 0 fully saturated rings. The predicted molar refractivity (Wildman–Crippen MR) is 69.6 cm³/mol. The summed E-state index contributed by atoms with van der Waals surface area (Å²) in [5, 5.41) is 0. The number of carbonyl (C=O) groups is 1. The van der Waals surface area contributed by atoms with E-state index in [1.807, 2.05) is 18.2 Å². The molecule has 5 nitrogen and oxygen atoms in total. The quantitative estimate of drug-likeness (QED) is 0.840. The van der Waals surface area contributed by atoms with Gasteiger partial charge in [-0.15, -0.1) is 0 Å². The van der Waals surface area contributed by atoms with Gasteiger partial charge in [0.2, 0.25) is 0 Å². The molecule has 0 radical (unpaired) electrons. The molecule has 0 aliphatic carbocycles. The molecule has 0 bridgehead atoms. The number of aromatic amines is 1. The molecule has 1 aliphatic heterocycles. The van der Waals surface area contributed by atoms with Crippen LogP contribution < -0.4 is 9.47 Å². The molecule has 0 atom stereocenters. The largest absolute Gasteiger partial charge is 0.490 e. The van der Waals surface area contributed by atoms with Crippen LogP contribution in [-0.4, -0.2) is 29.0 Å². The molecule has 0 amide bonds. The summed E-state index contributed by atoms with van der Waals surface area (Å²) in [5.74, 6) is 1.77. The Bertz CT molecular complexity index is 619. The lowest BCUT2D eigenvalue weighted by molar-refractivity contribution is 0.100. The molecule has 2 aromatic rings. The minimum Gasteiger partial charge on any atom is -0.490 e. The van der Waals surface area contributed by atoms with Crippen LogP contribution in [0.2, 0.25) is 0 Å². The van der Waals surface area contributed by atoms with Crippen molar-refractivity contribution in [2.75, 3.05) is 13.2 Å². The second-order valence-electron chi connectivity index (χ2n) is 4.41. The highest BCUT2D eigenvalue weighted by molar-refractivity contribution is 5.91. The van der Waals surface area contributed by atoms with Crippen molar-refractivity contribution in [3.8, 4) is 22.8 Å². The molecular formula is C14H14N2O3. The van der Waals surface area contributed by atoms with Gasteiger partial charge in [-0.1, -0.05) is 0 Å². The van der Waals surface area contributed by atoms with E-state index in [0.29, 0.717) is 19.0 Å². The fourth-order valence-corrected chi connectivity index (χ4v) is 1.98. The van der Waals surface area contributed by atoms with Crippen molar-refractivity contribution in [3.63, 3.8) is 0 Å². The first-order valence-corrected chi connectivity index (χ1v) is 6.20. The highest BCUT2D eigenvalue weighted by atomic mass is 16.5. The Hall–Kier alpha value is -2.30. The first kappa shape index (κ1) is 11.8. The second-order valence-corrected chi connectivity index (χ2v) is 4.41. The van der Waals surface area contributed by atoms with E-state index in [2.05, 4.69) is 9.97 Å². The Labute approximate surface area is 110 Å². The first-order valence-electron chi connectivity index (χ1n) is 6.20. The number of nitrogens with one attached hydrogen (secondary N) is 1. The van der Waals surface area contributed by atoms with E-state index < -0.39 is 0 Å². The highest BCUT2D eigenvalue weighted by Crippen LogP contribution is 2.33. The maximum absolute atomic E-state index is 11.2. The highest BCUT2D eigenvalue weighted by Gasteiger charge is 2.13. The zero-order valence-corrected chi connectivity index (χ0v) is 10.6. The van der Waals surface area contributed by atoms with Crippen molar-refractivity contribution in [1.29, 1.82) is 0 Å². The van der Waals surface area contributed by atoms with E-state index >= 15 is 0 Å². The van der Waals surface area contributed by atoms with Crippen LogP contribution in [0.25, 0.3) is 11.3 Å². The number of hydrogen-bond donors (Lipinski definition) is 1. The average Bonchev–Trinajstić information content (AvgIpc) is 2.78. The lowest BCUT2D eigenvalue weighted by Gasteiger charge is -2.08. The van der Waals surface area contributed by atoms with Gasteiger partial charge in [0.25, 0.3) is 0 Å². The topological polar surface area (TPSA) is 64.2 Å². The Kier molecular flexibility index (Phi) is 2.95. The summed E-state index contributed by atoms with van der Waals surface area (Å²) in [6.07, 6.45) is 2.53. The van der Waals surface area contributed by atoms with Crippen molar-refractivity contribution in [2.45, 2.75) is 13.3 Å². The van der Waals surface area contributed by atoms with Gasteiger partial charge in [-0.25, -0.2) is 4.98 Å². The number of H-pyrrole nitrogens is 1. The lowest BCUT2D eigenvalue weighted by Crippen LogP contribution is -1.97. The van der Waals surface area contributed by atoms with Crippen molar-refractivity contribution < 1.29 is 14.3 Å². The number of aromatic nitrogens is 2. The number of ether oxygens (including phenoxy) is 2. The van der Waals surface area contributed by atoms with Crippen LogP contribution in [0.15, 0.2) is 24.4 Å². The molecule has 0 unspecified atom stereocenters. The zero-order valence-electron chi connectivity index (χ0n) is 10.6. The zero-order chi connectivity index (χ0) is 13.2. The fourth-order valence-electron chi connectivity index (χ4n) is 1.98. The number of nitrogens with zero attached hydrogens (tertiary/aromatic N) is 1. The van der Waals surface area contributed by atoms with Gasteiger partial charge in [-0.2, -0.15) is 0 Å². The summed E-state index contributed by atoms with van der Waals surface area (Å²) < 4.78 is 11.2. The maximum Gasteiger partial charge on any atom is 0.194 e. The molecule has 0 saturated carbocycles. The molecule has 0 saturated heterocycles. The molecule has 5 heteroatoms. The molecule has 1 aromatic heterocycles. The third kappa shape index (κ3) is 2.31. The van der Waals surface area contributed by atoms with Gasteiger partial charge < -0.3 is 14.5 Å². The SMILES string of the molecule is CC(=O)c1ncc(-c2ccc3c(c2)OCCCO3)[nH]1. The lowest BCUT2D eigenvalue weighted by atomic mass is 10.1. The Morgan fingerprint density at radius 1 is 1.26 bits per heavy atom. The standard InChI is InChI=1S/C14H14N2O3/c1-9(17)14-15-8-11(16-14)10-3-4-12-13(7-10)19-6-2-5-18-12/h3-4,7-8H,2,5-6H2,1H3,(H,15,16). The Balaban J connectivity index is 1.96. The summed E-state index contributed by atoms with van der Waals surface area (Å²) in [7, 11) is 0. The molecule has 19 heavy (non-hydrogen) atoms. The Morgan fingerprint density at radius 2 is 2.05 bits per heavy atom. The number of rotatable bonds is 2. The number of hydrogen-bond acceptors (Lipinski definition) is 4. The van der Waals surface area contributed by atoms with E-state index in [4.69, 9.17) is 9.47 Å². The molecule has 2 heterocycles. The molecule has 1 N–H and O–H groups in total. The van der Waals surface area contributed by atoms with Crippen LogP contribution in [-0.2, 0) is 0 Å². The first-order chi connectivity index (χ1) is 9.24. The third-order valence-electron chi connectivity index (χ3n) is 2.97. The minimum atomic E-state index is -0.0828. The van der Waals surface area contributed by atoms with E-state index in [-0.39, 0.29) is 5.78 Å². The second kappa shape index (κ2) is 4.76. The number of carbonyl (C=O) groups excluding carboxylic acids is 1. The van der Waals surface area contributed by atoms with Crippen molar-refractivity contribution in [2.24, 2.45) is 0 Å². The van der Waals surface area contributed by atoms with E-state index in [0.717, 1.165) is 29.2 Å². The molecule has 3 rings (SSSR count). The molecular weight excluding hydrogens is 244 g/mol. The maximum atomic E-state index is 11.2. The van der Waals surface area contributed by atoms with E-state index in [9.17, 15) is 4.79 Å². The average molecular weight is 258 g/mol. The van der Waals surface area contributed by atoms with Crippen LogP contribution >= 0.6 is 0 Å². The van der Waals surface area contributed by atoms with Gasteiger partial charge in [0.05, 0.1) is 25.1 Å². The van der Waals surface area contributed by atoms with Crippen LogP contribution in [0.5, 0.6) is 11.5 Å². The summed E-state index contributed by atoms with van der Waals surface area (Å²) >= 11 is 0. The van der Waals surface area contributed by atoms with Crippen LogP contribution in [0.4, 0.5) is 0 Å². The Morgan fingerprint density at radius 3 is 2.79 bits per heavy atom. The predicted octanol–water partition coefficient (Wildman–Crippen LogP) is 2.44. The van der Waals surface area contributed by atoms with E-state index in [1.54, 1.807) is 6.20 Å². The van der Waals surface area contributed by atoms with Gasteiger partial charge in [-0.05, 0) is 18.2 Å². The summed E-state index contributed by atoms with van der Waals surface area (Å²) in [6.45, 7) is 2.81. The number of benzene rings is 1. The van der Waals surface area contributed by atoms with Crippen molar-refractivity contribution in [1.82, 2.24) is 9.97 Å². The number of imidazole rings is 1. The molecule has 0 spiro atoms. The van der Waals surface area contributed by atoms with Crippen molar-refractivity contribution >= 4 is 5.78 Å². The third-order valence-corrected chi connectivity index (χ3v) is 2.97. The number of ketones is 1. The van der Waals surface area contributed by atoms with E-state index in [1.165, 1.54) is 6.92 Å². The molecule has 1 aliphatic rings. The monoisotopic (exact) mass is 258 g/mol. The molecule has 98 valence electrons. The fraction of sp³-hybridized carbons (Fsp3) is 0.286. The number of Topliss-reactive ketones (excluding diaryl/α,β-unsaturated/α-hetero) is 1. The van der Waals surface area contributed by atoms with Gasteiger partial charge in [0.1, 0.15) is 0 Å². The summed E-state index contributed by atoms with van der Waals surface area (Å²) in [6, 6.07) is 5.70.